The number of unbranched alkanes of at least 4 members (excludes halogenated alkanes) is 6. The second kappa shape index (κ2) is 19.4. The Morgan fingerprint density at radius 3 is 2.22 bits per heavy atom. The van der Waals surface area contributed by atoms with Gasteiger partial charge >= 0.3 is 0 Å². The molecule has 1 saturated heterocycles. The van der Waals surface area contributed by atoms with Crippen molar-refractivity contribution in [2.75, 3.05) is 49.5 Å². The van der Waals surface area contributed by atoms with E-state index in [2.05, 4.69) is 39.4 Å². The Bertz CT molecular complexity index is 1240. The number of carbonyl (C=O) groups is 1. The molecule has 2 aromatic carbocycles. The lowest BCUT2D eigenvalue weighted by Crippen LogP contribution is -2.46. The number of carbonyl (C=O) groups excluding carboxylic acids is 1. The molecule has 45 heavy (non-hydrogen) atoms. The van der Waals surface area contributed by atoms with Gasteiger partial charge in [0.1, 0.15) is 5.75 Å². The van der Waals surface area contributed by atoms with Gasteiger partial charge in [-0.05, 0) is 75.5 Å². The highest BCUT2D eigenvalue weighted by atomic mass is 16.5. The molecule has 0 spiro atoms. The minimum Gasteiger partial charge on any atom is -0.507 e. The van der Waals surface area contributed by atoms with E-state index in [4.69, 9.17) is 27.0 Å². The van der Waals surface area contributed by atoms with Gasteiger partial charge in [0.15, 0.2) is 11.6 Å². The average molecular weight is 620 g/mol. The molecule has 0 saturated carbocycles. The first-order valence-electron chi connectivity index (χ1n) is 16.4. The molecule has 1 amide bonds. The zero-order valence-electron chi connectivity index (χ0n) is 26.9. The van der Waals surface area contributed by atoms with Gasteiger partial charge in [0, 0.05) is 62.2 Å². The average Bonchev–Trinajstić information content (AvgIpc) is 3.02. The smallest absolute Gasteiger partial charge is 0.217 e. The van der Waals surface area contributed by atoms with Gasteiger partial charge in [-0.25, -0.2) is 0 Å². The summed E-state index contributed by atoms with van der Waals surface area (Å²) in [5, 5.41) is 29.6. The second-order valence-electron chi connectivity index (χ2n) is 11.9. The van der Waals surface area contributed by atoms with Crippen LogP contribution in [0.25, 0.3) is 0 Å². The van der Waals surface area contributed by atoms with Crippen LogP contribution in [-0.4, -0.2) is 72.8 Å². The lowest BCUT2D eigenvalue weighted by atomic mass is 10.1. The number of hydrogen-bond acceptors (Lipinski definition) is 8. The first-order valence-corrected chi connectivity index (χ1v) is 16.4. The van der Waals surface area contributed by atoms with Crippen LogP contribution in [0.1, 0.15) is 76.7 Å². The molecule has 2 aromatic rings. The van der Waals surface area contributed by atoms with Crippen molar-refractivity contribution in [3.8, 4) is 5.75 Å². The summed E-state index contributed by atoms with van der Waals surface area (Å²) < 4.78 is 5.88. The number of allylic oxidation sites excluding steroid dienone is 1. The minimum absolute atomic E-state index is 0.00282. The fourth-order valence-corrected chi connectivity index (χ4v) is 5.52. The SMILES string of the molecule is CC(CCCNc1ccc(N2CCN(CCCCCCCCCC(N)=O)CC2)cc1)O/C(=C/C(=N)c1ccccc1O)C(=N)N. The van der Waals surface area contributed by atoms with E-state index in [1.807, 2.05) is 6.92 Å². The van der Waals surface area contributed by atoms with Crippen molar-refractivity contribution in [1.82, 2.24) is 4.90 Å². The number of anilines is 2. The first kappa shape index (κ1) is 35.4. The number of amidine groups is 1. The first-order chi connectivity index (χ1) is 21.7. The maximum absolute atomic E-state index is 10.8. The lowest BCUT2D eigenvalue weighted by Gasteiger charge is -2.36. The van der Waals surface area contributed by atoms with Crippen molar-refractivity contribution >= 4 is 28.8 Å². The summed E-state index contributed by atoms with van der Waals surface area (Å²) in [6.45, 7) is 8.19. The molecule has 0 bridgehead atoms. The number of ether oxygens (including phenoxy) is 1. The van der Waals surface area contributed by atoms with E-state index in [1.165, 1.54) is 56.5 Å². The third-order valence-electron chi connectivity index (χ3n) is 8.18. The Hall–Kier alpha value is -4.05. The predicted molar refractivity (Wildman–Crippen MR) is 184 cm³/mol. The number of primary amides is 1. The molecule has 0 radical (unpaired) electrons. The van der Waals surface area contributed by atoms with E-state index < -0.39 is 0 Å². The minimum atomic E-state index is -0.251. The molecule has 10 heteroatoms. The van der Waals surface area contributed by atoms with Crippen LogP contribution in [0.4, 0.5) is 11.4 Å². The topological polar surface area (TPSA) is 165 Å². The molecule has 1 heterocycles. The maximum Gasteiger partial charge on any atom is 0.217 e. The van der Waals surface area contributed by atoms with Crippen LogP contribution in [0.3, 0.4) is 0 Å². The summed E-state index contributed by atoms with van der Waals surface area (Å²) in [5.41, 5.74) is 13.6. The van der Waals surface area contributed by atoms with Crippen molar-refractivity contribution in [3.05, 3.63) is 65.9 Å². The fourth-order valence-electron chi connectivity index (χ4n) is 5.52. The van der Waals surface area contributed by atoms with Gasteiger partial charge in [-0.15, -0.1) is 0 Å². The lowest BCUT2D eigenvalue weighted by molar-refractivity contribution is -0.118. The monoisotopic (exact) mass is 619 g/mol. The van der Waals surface area contributed by atoms with Crippen LogP contribution in [0.2, 0.25) is 0 Å². The van der Waals surface area contributed by atoms with Crippen molar-refractivity contribution < 1.29 is 14.6 Å². The summed E-state index contributed by atoms with van der Waals surface area (Å²) >= 11 is 0. The molecule has 1 fully saturated rings. The molecule has 0 aliphatic carbocycles. The van der Waals surface area contributed by atoms with Gasteiger partial charge in [0.25, 0.3) is 0 Å². The fraction of sp³-hybridized carbons (Fsp3) is 0.514. The molecule has 3 rings (SSSR count). The molecule has 10 nitrogen and oxygen atoms in total. The number of phenols is 1. The Labute approximate surface area is 268 Å². The molecule has 246 valence electrons. The highest BCUT2D eigenvalue weighted by Crippen LogP contribution is 2.21. The maximum atomic E-state index is 10.8. The number of phenolic OH excluding ortho intramolecular Hbond substituents is 1. The van der Waals surface area contributed by atoms with Gasteiger partial charge in [-0.1, -0.05) is 44.2 Å². The van der Waals surface area contributed by atoms with E-state index in [9.17, 15) is 9.90 Å². The van der Waals surface area contributed by atoms with Gasteiger partial charge in [-0.2, -0.15) is 0 Å². The summed E-state index contributed by atoms with van der Waals surface area (Å²) in [7, 11) is 0. The van der Waals surface area contributed by atoms with Crippen LogP contribution < -0.4 is 21.7 Å². The molecule has 8 N–H and O–H groups in total. The Morgan fingerprint density at radius 1 is 0.933 bits per heavy atom. The number of benzene rings is 2. The van der Waals surface area contributed by atoms with Crippen molar-refractivity contribution in [2.45, 2.75) is 77.2 Å². The summed E-state index contributed by atoms with van der Waals surface area (Å²) in [5.74, 6) is -0.314. The third-order valence-corrected chi connectivity index (χ3v) is 8.18. The molecular formula is C35H53N7O3. The number of piperazine rings is 1. The van der Waals surface area contributed by atoms with E-state index in [-0.39, 0.29) is 35.1 Å². The zero-order valence-corrected chi connectivity index (χ0v) is 26.9. The standard InChI is InChI=1S/C35H53N7O3/c1-27(45-33(35(38)39)26-31(36)30-13-8-9-14-32(30)43)12-11-20-40-28-16-18-29(19-17-28)42-24-22-41(23-25-42)21-10-6-4-2-3-5-7-15-34(37)44/h8-9,13-14,16-19,26-27,36,40,43H,2-7,10-12,15,20-25H2,1H3,(H2,37,44)(H3,38,39)/b33-26+,36-31?. The largest absolute Gasteiger partial charge is 0.507 e. The molecule has 1 aliphatic heterocycles. The number of para-hydroxylation sites is 1. The predicted octanol–water partition coefficient (Wildman–Crippen LogP) is 5.61. The highest BCUT2D eigenvalue weighted by Gasteiger charge is 2.17. The molecule has 1 aliphatic rings. The number of hydrogen-bond donors (Lipinski definition) is 6. The number of rotatable bonds is 21. The number of nitrogens with one attached hydrogen (secondary N) is 3. The quantitative estimate of drug-likeness (QED) is 0.0458. The van der Waals surface area contributed by atoms with E-state index >= 15 is 0 Å². The third kappa shape index (κ3) is 13.2. The van der Waals surface area contributed by atoms with Crippen molar-refractivity contribution in [2.24, 2.45) is 11.5 Å². The number of amides is 1. The van der Waals surface area contributed by atoms with E-state index in [1.54, 1.807) is 18.2 Å². The summed E-state index contributed by atoms with van der Waals surface area (Å²) in [6, 6.07) is 15.2. The van der Waals surface area contributed by atoms with Crippen LogP contribution in [0.5, 0.6) is 5.75 Å². The second-order valence-corrected chi connectivity index (χ2v) is 11.9. The zero-order chi connectivity index (χ0) is 32.4. The van der Waals surface area contributed by atoms with Gasteiger partial charge in [-0.3, -0.25) is 20.5 Å². The molecule has 1 unspecified atom stereocenters. The number of nitrogens with two attached hydrogens (primary N) is 2. The van der Waals surface area contributed by atoms with Gasteiger partial charge < -0.3 is 31.5 Å². The van der Waals surface area contributed by atoms with Gasteiger partial charge in [0.2, 0.25) is 5.91 Å². The van der Waals surface area contributed by atoms with Crippen molar-refractivity contribution in [1.29, 1.82) is 10.8 Å². The summed E-state index contributed by atoms with van der Waals surface area (Å²) in [4.78, 5) is 15.8. The number of nitrogens with zero attached hydrogens (tertiary/aromatic N) is 2. The highest BCUT2D eigenvalue weighted by molar-refractivity contribution is 6.11. The van der Waals surface area contributed by atoms with Crippen LogP contribution in [0.15, 0.2) is 60.4 Å². The van der Waals surface area contributed by atoms with Gasteiger partial charge in [0.05, 0.1) is 11.8 Å². The van der Waals surface area contributed by atoms with Crippen LogP contribution in [0, 0.1) is 10.8 Å². The molecule has 0 aromatic heterocycles. The van der Waals surface area contributed by atoms with E-state index in [0.29, 0.717) is 12.0 Å². The van der Waals surface area contributed by atoms with Crippen molar-refractivity contribution in [3.63, 3.8) is 0 Å². The molecular weight excluding hydrogens is 566 g/mol. The molecule has 1 atom stereocenters. The number of aromatic hydroxyl groups is 1. The van der Waals surface area contributed by atoms with Crippen LogP contribution >= 0.6 is 0 Å². The van der Waals surface area contributed by atoms with E-state index in [0.717, 1.165) is 64.1 Å². The normalized spacial score (nSPS) is 14.6. The Balaban J connectivity index is 1.29. The Kier molecular flexibility index (Phi) is 15.2. The Morgan fingerprint density at radius 2 is 1.58 bits per heavy atom. The summed E-state index contributed by atoms with van der Waals surface area (Å²) in [6.07, 6.45) is 11.6. The van der Waals surface area contributed by atoms with Crippen LogP contribution in [-0.2, 0) is 9.53 Å².